The number of nitrogens with one attached hydrogen (secondary N) is 2. The van der Waals surface area contributed by atoms with E-state index < -0.39 is 6.04 Å². The van der Waals surface area contributed by atoms with Gasteiger partial charge in [-0.3, -0.25) is 14.6 Å². The summed E-state index contributed by atoms with van der Waals surface area (Å²) in [4.78, 5) is 32.1. The van der Waals surface area contributed by atoms with E-state index in [-0.39, 0.29) is 17.2 Å². The van der Waals surface area contributed by atoms with Gasteiger partial charge in [0.1, 0.15) is 11.4 Å². The number of nitrogens with two attached hydrogens (primary N) is 1. The molecule has 0 aliphatic carbocycles. The summed E-state index contributed by atoms with van der Waals surface area (Å²) in [5, 5.41) is 12.2. The van der Waals surface area contributed by atoms with Gasteiger partial charge < -0.3 is 21.1 Å². The molecule has 5 N–H and O–H groups in total. The Labute approximate surface area is 187 Å². The van der Waals surface area contributed by atoms with Crippen LogP contribution in [0.2, 0.25) is 0 Å². The number of H-pyrrole nitrogens is 1. The molecule has 1 heterocycles. The quantitative estimate of drug-likeness (QED) is 0.365. The van der Waals surface area contributed by atoms with Crippen LogP contribution in [0.4, 0.5) is 0 Å². The predicted octanol–water partition coefficient (Wildman–Crippen LogP) is 2.38. The molecule has 3 aromatic rings. The second kappa shape index (κ2) is 11.2. The van der Waals surface area contributed by atoms with E-state index in [1.807, 2.05) is 37.3 Å². The van der Waals surface area contributed by atoms with E-state index in [0.29, 0.717) is 31.5 Å². The number of rotatable bonds is 10. The molecule has 0 saturated heterocycles. The normalized spacial score (nSPS) is 11.8. The molecule has 7 nitrogen and oxygen atoms in total. The van der Waals surface area contributed by atoms with Gasteiger partial charge in [0.25, 0.3) is 5.56 Å². The third kappa shape index (κ3) is 6.78. The minimum atomic E-state index is -0.639. The molecular formula is C25H30N4O3. The zero-order valence-corrected chi connectivity index (χ0v) is 18.3. The number of aromatic amines is 1. The van der Waals surface area contributed by atoms with E-state index in [0.717, 1.165) is 35.4 Å². The molecule has 168 valence electrons. The van der Waals surface area contributed by atoms with Crippen LogP contribution in [0.3, 0.4) is 0 Å². The fourth-order valence-electron chi connectivity index (χ4n) is 3.52. The Bertz CT molecular complexity index is 1080. The van der Waals surface area contributed by atoms with Gasteiger partial charge in [0.15, 0.2) is 0 Å². The third-order valence-corrected chi connectivity index (χ3v) is 5.36. The maximum atomic E-state index is 12.4. The van der Waals surface area contributed by atoms with E-state index in [1.54, 1.807) is 24.3 Å². The van der Waals surface area contributed by atoms with E-state index in [9.17, 15) is 14.7 Å². The Hall–Kier alpha value is -3.45. The molecule has 0 aliphatic rings. The van der Waals surface area contributed by atoms with Crippen LogP contribution in [-0.2, 0) is 24.1 Å². The second-order valence-corrected chi connectivity index (χ2v) is 7.96. The average Bonchev–Trinajstić information content (AvgIpc) is 2.78. The van der Waals surface area contributed by atoms with Gasteiger partial charge in [-0.05, 0) is 55.9 Å². The number of aromatic hydroxyl groups is 1. The van der Waals surface area contributed by atoms with Gasteiger partial charge in [0.05, 0.1) is 11.7 Å². The molecule has 0 saturated carbocycles. The molecule has 0 unspecified atom stereocenters. The van der Waals surface area contributed by atoms with E-state index in [2.05, 4.69) is 15.3 Å². The Balaban J connectivity index is 1.42. The first-order valence-corrected chi connectivity index (χ1v) is 10.9. The van der Waals surface area contributed by atoms with Gasteiger partial charge in [0, 0.05) is 18.7 Å². The van der Waals surface area contributed by atoms with Crippen molar-refractivity contribution in [3.63, 3.8) is 0 Å². The van der Waals surface area contributed by atoms with E-state index in [4.69, 9.17) is 5.73 Å². The van der Waals surface area contributed by atoms with Crippen molar-refractivity contribution in [2.45, 2.75) is 45.1 Å². The lowest BCUT2D eigenvalue weighted by molar-refractivity contribution is -0.122. The Kier molecular flexibility index (Phi) is 8.16. The predicted molar refractivity (Wildman–Crippen MR) is 125 cm³/mol. The highest BCUT2D eigenvalue weighted by atomic mass is 16.3. The summed E-state index contributed by atoms with van der Waals surface area (Å²) < 4.78 is 0. The summed E-state index contributed by atoms with van der Waals surface area (Å²) in [5.74, 6) is -0.0148. The Morgan fingerprint density at radius 1 is 1.09 bits per heavy atom. The first-order chi connectivity index (χ1) is 15.4. The molecule has 1 aromatic heterocycles. The molecule has 2 aromatic carbocycles. The molecule has 7 heteroatoms. The number of aryl methyl sites for hydroxylation is 2. The number of carbonyl (C=O) groups is 1. The Morgan fingerprint density at radius 2 is 1.81 bits per heavy atom. The number of carbonyl (C=O) groups excluding carboxylic acids is 1. The summed E-state index contributed by atoms with van der Waals surface area (Å²) in [6.45, 7) is 2.43. The average molecular weight is 435 g/mol. The number of phenolic OH excluding ortho intramolecular Hbond substituents is 1. The van der Waals surface area contributed by atoms with Gasteiger partial charge in [-0.25, -0.2) is 0 Å². The molecule has 0 radical (unpaired) electrons. The van der Waals surface area contributed by atoms with Gasteiger partial charge in [-0.2, -0.15) is 0 Å². The van der Waals surface area contributed by atoms with Gasteiger partial charge in [-0.1, -0.05) is 42.5 Å². The highest BCUT2D eigenvalue weighted by Gasteiger charge is 2.14. The van der Waals surface area contributed by atoms with E-state index >= 15 is 0 Å². The smallest absolute Gasteiger partial charge is 0.270 e. The molecule has 0 spiro atoms. The van der Waals surface area contributed by atoms with Crippen LogP contribution in [0.25, 0.3) is 0 Å². The number of unbranched alkanes of at least 4 members (excludes halogenated alkanes) is 1. The van der Waals surface area contributed by atoms with Crippen LogP contribution in [0.5, 0.6) is 5.75 Å². The lowest BCUT2D eigenvalue weighted by Gasteiger charge is -2.13. The second-order valence-electron chi connectivity index (χ2n) is 7.96. The first-order valence-electron chi connectivity index (χ1n) is 10.9. The van der Waals surface area contributed by atoms with Gasteiger partial charge in [0.2, 0.25) is 5.91 Å². The fraction of sp³-hybridized carbons (Fsp3) is 0.320. The van der Waals surface area contributed by atoms with Gasteiger partial charge in [-0.15, -0.1) is 0 Å². The molecule has 32 heavy (non-hydrogen) atoms. The molecular weight excluding hydrogens is 404 g/mol. The fourth-order valence-corrected chi connectivity index (χ4v) is 3.52. The minimum absolute atomic E-state index is 0.150. The molecule has 1 amide bonds. The topological polar surface area (TPSA) is 121 Å². The van der Waals surface area contributed by atoms with Gasteiger partial charge >= 0.3 is 0 Å². The largest absolute Gasteiger partial charge is 0.508 e. The summed E-state index contributed by atoms with van der Waals surface area (Å²) >= 11 is 0. The lowest BCUT2D eigenvalue weighted by atomic mass is 10.1. The van der Waals surface area contributed by atoms with Crippen molar-refractivity contribution < 1.29 is 9.90 Å². The van der Waals surface area contributed by atoms with Crippen molar-refractivity contribution in [3.05, 3.63) is 93.2 Å². The molecule has 1 atom stereocenters. The maximum Gasteiger partial charge on any atom is 0.270 e. The zero-order valence-electron chi connectivity index (χ0n) is 18.3. The first kappa shape index (κ1) is 23.2. The highest BCUT2D eigenvalue weighted by Crippen LogP contribution is 2.11. The number of amides is 1. The monoisotopic (exact) mass is 434 g/mol. The van der Waals surface area contributed by atoms with Crippen LogP contribution >= 0.6 is 0 Å². The summed E-state index contributed by atoms with van der Waals surface area (Å²) in [6, 6.07) is 15.8. The van der Waals surface area contributed by atoms with Crippen molar-refractivity contribution in [2.24, 2.45) is 5.73 Å². The minimum Gasteiger partial charge on any atom is -0.508 e. The van der Waals surface area contributed by atoms with Crippen molar-refractivity contribution in [2.75, 3.05) is 6.54 Å². The van der Waals surface area contributed by atoms with Crippen molar-refractivity contribution in [1.82, 2.24) is 15.3 Å². The lowest BCUT2D eigenvalue weighted by Crippen LogP contribution is -2.42. The summed E-state index contributed by atoms with van der Waals surface area (Å²) in [7, 11) is 0. The molecule has 0 fully saturated rings. The number of phenols is 1. The van der Waals surface area contributed by atoms with Crippen molar-refractivity contribution in [3.8, 4) is 5.75 Å². The van der Waals surface area contributed by atoms with E-state index in [1.165, 1.54) is 0 Å². The number of hydrogen-bond donors (Lipinski definition) is 4. The number of nitrogens with zero attached hydrogens (tertiary/aromatic N) is 1. The van der Waals surface area contributed by atoms with Crippen LogP contribution in [0, 0.1) is 6.92 Å². The Morgan fingerprint density at radius 3 is 2.53 bits per heavy atom. The van der Waals surface area contributed by atoms with Crippen LogP contribution in [0.1, 0.15) is 41.1 Å². The highest BCUT2D eigenvalue weighted by molar-refractivity contribution is 5.81. The number of aromatic nitrogens is 2. The van der Waals surface area contributed by atoms with Crippen LogP contribution < -0.4 is 16.6 Å². The SMILES string of the molecule is Cc1nc(Cc2ccccc2)c(=O)[nH]c1CCCCNC(=O)[C@@H](N)Cc1ccc(O)cc1. The number of benzene rings is 2. The van der Waals surface area contributed by atoms with Crippen LogP contribution in [0.15, 0.2) is 59.4 Å². The van der Waals surface area contributed by atoms with Crippen LogP contribution in [-0.4, -0.2) is 33.6 Å². The molecule has 0 bridgehead atoms. The van der Waals surface area contributed by atoms with Crippen molar-refractivity contribution in [1.29, 1.82) is 0 Å². The zero-order chi connectivity index (χ0) is 22.9. The molecule has 0 aliphatic heterocycles. The summed E-state index contributed by atoms with van der Waals surface area (Å²) in [5.41, 5.74) is 9.96. The summed E-state index contributed by atoms with van der Waals surface area (Å²) in [6.07, 6.45) is 3.19. The third-order valence-electron chi connectivity index (χ3n) is 5.36. The molecule has 3 rings (SSSR count). The number of hydrogen-bond acceptors (Lipinski definition) is 5. The maximum absolute atomic E-state index is 12.4. The van der Waals surface area contributed by atoms with Crippen molar-refractivity contribution >= 4 is 5.91 Å². The standard InChI is InChI=1S/C25H30N4O3/c1-17-22(29-25(32)23(28-17)16-18-7-3-2-4-8-18)9-5-6-14-27-24(31)21(26)15-19-10-12-20(30)13-11-19/h2-4,7-8,10-13,21,30H,5-6,9,14-16,26H2,1H3,(H,27,31)(H,29,32)/t21-/m0/s1.